The first kappa shape index (κ1) is 14.8. The summed E-state index contributed by atoms with van der Waals surface area (Å²) in [6.45, 7) is 3.17. The van der Waals surface area contributed by atoms with E-state index in [4.69, 9.17) is 4.74 Å². The van der Waals surface area contributed by atoms with E-state index in [1.807, 2.05) is 31.2 Å². The number of aryl methyl sites for hydroxylation is 1. The Bertz CT molecular complexity index is 447. The molecule has 0 aliphatic heterocycles. The van der Waals surface area contributed by atoms with Crippen molar-refractivity contribution in [2.24, 2.45) is 0 Å². The molecule has 0 saturated carbocycles. The molecule has 6 heteroatoms. The lowest BCUT2D eigenvalue weighted by atomic mass is 10.2. The Balaban J connectivity index is 2.22. The first-order valence-corrected chi connectivity index (χ1v) is 6.08. The van der Waals surface area contributed by atoms with Crippen molar-refractivity contribution in [2.75, 3.05) is 20.2 Å². The van der Waals surface area contributed by atoms with Crippen molar-refractivity contribution >= 4 is 0 Å². The number of hydrogen-bond acceptors (Lipinski definition) is 5. The van der Waals surface area contributed by atoms with Crippen LogP contribution in [0.25, 0.3) is 0 Å². The van der Waals surface area contributed by atoms with Gasteiger partial charge in [-0.05, 0) is 31.0 Å². The van der Waals surface area contributed by atoms with Crippen LogP contribution in [-0.2, 0) is 0 Å². The highest BCUT2D eigenvalue weighted by Crippen LogP contribution is 2.12. The van der Waals surface area contributed by atoms with E-state index in [-0.39, 0.29) is 0 Å². The fourth-order valence-electron chi connectivity index (χ4n) is 1.49. The van der Waals surface area contributed by atoms with Gasteiger partial charge < -0.3 is 15.4 Å². The SMILES string of the molecule is CNC(=C[N+](=O)[O-])NCCCOc1cccc(C)c1. The van der Waals surface area contributed by atoms with Gasteiger partial charge in [-0.25, -0.2) is 0 Å². The van der Waals surface area contributed by atoms with Crippen LogP contribution in [-0.4, -0.2) is 25.1 Å². The number of ether oxygens (including phenoxy) is 1. The molecule has 0 amide bonds. The average Bonchev–Trinajstić information content (AvgIpc) is 2.36. The topological polar surface area (TPSA) is 76.4 Å². The van der Waals surface area contributed by atoms with Gasteiger partial charge in [0.2, 0.25) is 0 Å². The smallest absolute Gasteiger partial charge is 0.274 e. The summed E-state index contributed by atoms with van der Waals surface area (Å²) in [5.74, 6) is 1.23. The maximum atomic E-state index is 10.3. The minimum Gasteiger partial charge on any atom is -0.494 e. The summed E-state index contributed by atoms with van der Waals surface area (Å²) in [5.41, 5.74) is 1.15. The Kier molecular flexibility index (Phi) is 6.21. The highest BCUT2D eigenvalue weighted by atomic mass is 16.6. The summed E-state index contributed by atoms with van der Waals surface area (Å²) in [7, 11) is 1.63. The molecule has 0 saturated heterocycles. The molecule has 0 fully saturated rings. The Morgan fingerprint density at radius 3 is 2.95 bits per heavy atom. The third-order valence-corrected chi connectivity index (χ3v) is 2.40. The molecule has 0 radical (unpaired) electrons. The zero-order chi connectivity index (χ0) is 14.1. The third-order valence-electron chi connectivity index (χ3n) is 2.40. The molecule has 0 aliphatic rings. The normalized spacial score (nSPS) is 10.9. The van der Waals surface area contributed by atoms with Gasteiger partial charge in [-0.2, -0.15) is 0 Å². The molecular formula is C13H19N3O3. The first-order valence-electron chi connectivity index (χ1n) is 6.08. The molecule has 104 valence electrons. The van der Waals surface area contributed by atoms with Gasteiger partial charge in [0.1, 0.15) is 5.75 Å². The molecule has 0 heterocycles. The Morgan fingerprint density at radius 1 is 1.53 bits per heavy atom. The van der Waals surface area contributed by atoms with E-state index >= 15 is 0 Å². The van der Waals surface area contributed by atoms with Crippen molar-refractivity contribution in [3.63, 3.8) is 0 Å². The molecule has 0 spiro atoms. The molecule has 1 rings (SSSR count). The van der Waals surface area contributed by atoms with Gasteiger partial charge in [-0.15, -0.1) is 0 Å². The molecule has 1 aromatic carbocycles. The Labute approximate surface area is 112 Å². The van der Waals surface area contributed by atoms with E-state index in [9.17, 15) is 10.1 Å². The highest BCUT2D eigenvalue weighted by molar-refractivity contribution is 5.27. The minimum atomic E-state index is -0.498. The van der Waals surface area contributed by atoms with Crippen LogP contribution in [0.2, 0.25) is 0 Å². The Hall–Kier alpha value is -2.24. The van der Waals surface area contributed by atoms with Gasteiger partial charge in [0, 0.05) is 13.6 Å². The summed E-state index contributed by atoms with van der Waals surface area (Å²) >= 11 is 0. The number of nitrogens with one attached hydrogen (secondary N) is 2. The van der Waals surface area contributed by atoms with Crippen LogP contribution in [0.15, 0.2) is 36.3 Å². The van der Waals surface area contributed by atoms with Crippen LogP contribution in [0.4, 0.5) is 0 Å². The lowest BCUT2D eigenvalue weighted by Gasteiger charge is -2.09. The number of nitrogens with zero attached hydrogens (tertiary/aromatic N) is 1. The van der Waals surface area contributed by atoms with Crippen molar-refractivity contribution in [3.8, 4) is 5.75 Å². The molecule has 0 bridgehead atoms. The van der Waals surface area contributed by atoms with E-state index < -0.39 is 4.92 Å². The van der Waals surface area contributed by atoms with E-state index in [2.05, 4.69) is 10.6 Å². The van der Waals surface area contributed by atoms with Crippen LogP contribution >= 0.6 is 0 Å². The standard InChI is InChI=1S/C13H19N3O3/c1-11-5-3-6-12(9-11)19-8-4-7-15-13(14-2)10-16(17)18/h3,5-6,9-10,14-15H,4,7-8H2,1-2H3. The molecular weight excluding hydrogens is 246 g/mol. The summed E-state index contributed by atoms with van der Waals surface area (Å²) < 4.78 is 5.57. The molecule has 0 atom stereocenters. The summed E-state index contributed by atoms with van der Waals surface area (Å²) in [5, 5.41) is 15.9. The lowest BCUT2D eigenvalue weighted by molar-refractivity contribution is -0.404. The zero-order valence-corrected chi connectivity index (χ0v) is 11.2. The second-order valence-electron chi connectivity index (χ2n) is 4.02. The quantitative estimate of drug-likeness (QED) is 0.424. The number of hydrogen-bond donors (Lipinski definition) is 2. The van der Waals surface area contributed by atoms with Crippen molar-refractivity contribution in [3.05, 3.63) is 52.0 Å². The van der Waals surface area contributed by atoms with Crippen molar-refractivity contribution in [1.29, 1.82) is 0 Å². The predicted molar refractivity (Wildman–Crippen MR) is 73.4 cm³/mol. The van der Waals surface area contributed by atoms with Crippen molar-refractivity contribution in [1.82, 2.24) is 10.6 Å². The maximum absolute atomic E-state index is 10.3. The van der Waals surface area contributed by atoms with Crippen molar-refractivity contribution in [2.45, 2.75) is 13.3 Å². The van der Waals surface area contributed by atoms with Gasteiger partial charge >= 0.3 is 0 Å². The molecule has 0 aliphatic carbocycles. The molecule has 0 unspecified atom stereocenters. The zero-order valence-electron chi connectivity index (χ0n) is 11.2. The molecule has 19 heavy (non-hydrogen) atoms. The molecule has 6 nitrogen and oxygen atoms in total. The van der Waals surface area contributed by atoms with E-state index in [0.29, 0.717) is 19.0 Å². The van der Waals surface area contributed by atoms with Gasteiger partial charge in [0.15, 0.2) is 5.82 Å². The van der Waals surface area contributed by atoms with Crippen LogP contribution < -0.4 is 15.4 Å². The summed E-state index contributed by atoms with van der Waals surface area (Å²) in [4.78, 5) is 9.80. The lowest BCUT2D eigenvalue weighted by Crippen LogP contribution is -2.26. The first-order chi connectivity index (χ1) is 9.11. The van der Waals surface area contributed by atoms with Crippen molar-refractivity contribution < 1.29 is 9.66 Å². The second kappa shape index (κ2) is 7.97. The number of rotatable bonds is 8. The van der Waals surface area contributed by atoms with Gasteiger partial charge in [-0.3, -0.25) is 10.1 Å². The maximum Gasteiger partial charge on any atom is 0.274 e. The minimum absolute atomic E-state index is 0.389. The third kappa shape index (κ3) is 6.30. The van der Waals surface area contributed by atoms with Gasteiger partial charge in [-0.1, -0.05) is 12.1 Å². The monoisotopic (exact) mass is 265 g/mol. The second-order valence-corrected chi connectivity index (χ2v) is 4.02. The fraction of sp³-hybridized carbons (Fsp3) is 0.385. The van der Waals surface area contributed by atoms with Gasteiger partial charge in [0.25, 0.3) is 6.20 Å². The number of benzene rings is 1. The Morgan fingerprint density at radius 2 is 2.32 bits per heavy atom. The van der Waals surface area contributed by atoms with Crippen LogP contribution in [0.5, 0.6) is 5.75 Å². The highest BCUT2D eigenvalue weighted by Gasteiger charge is 1.99. The van der Waals surface area contributed by atoms with Crippen LogP contribution in [0.1, 0.15) is 12.0 Å². The fourth-order valence-corrected chi connectivity index (χ4v) is 1.49. The van der Waals surface area contributed by atoms with Crippen LogP contribution in [0.3, 0.4) is 0 Å². The molecule has 2 N–H and O–H groups in total. The largest absolute Gasteiger partial charge is 0.494 e. The predicted octanol–water partition coefficient (Wildman–Crippen LogP) is 1.65. The van der Waals surface area contributed by atoms with Gasteiger partial charge in [0.05, 0.1) is 11.5 Å². The molecule has 0 aromatic heterocycles. The van der Waals surface area contributed by atoms with E-state index in [0.717, 1.165) is 23.9 Å². The van der Waals surface area contributed by atoms with E-state index in [1.54, 1.807) is 7.05 Å². The average molecular weight is 265 g/mol. The van der Waals surface area contributed by atoms with Crippen LogP contribution in [0, 0.1) is 17.0 Å². The number of nitro groups is 1. The molecule has 1 aromatic rings. The van der Waals surface area contributed by atoms with E-state index in [1.165, 1.54) is 0 Å². The summed E-state index contributed by atoms with van der Waals surface area (Å²) in [6.07, 6.45) is 1.66. The summed E-state index contributed by atoms with van der Waals surface area (Å²) in [6, 6.07) is 7.84.